The molecule has 0 aliphatic heterocycles. The fourth-order valence-electron chi connectivity index (χ4n) is 1.35. The first kappa shape index (κ1) is 11.7. The zero-order valence-electron chi connectivity index (χ0n) is 9.56. The van der Waals surface area contributed by atoms with E-state index in [0.29, 0.717) is 4.90 Å². The molecule has 2 aromatic rings. The van der Waals surface area contributed by atoms with Gasteiger partial charge in [-0.15, -0.1) is 0 Å². The van der Waals surface area contributed by atoms with Crippen LogP contribution in [0, 0.1) is 6.92 Å². The van der Waals surface area contributed by atoms with Crippen LogP contribution < -0.4 is 11.2 Å². The first-order valence-corrected chi connectivity index (χ1v) is 5.92. The highest BCUT2D eigenvalue weighted by Gasteiger charge is 2.04. The van der Waals surface area contributed by atoms with Crippen LogP contribution in [0.2, 0.25) is 0 Å². The van der Waals surface area contributed by atoms with E-state index < -0.39 is 5.69 Å². The van der Waals surface area contributed by atoms with Crippen LogP contribution in [0.5, 0.6) is 0 Å². The molecule has 17 heavy (non-hydrogen) atoms. The van der Waals surface area contributed by atoms with Gasteiger partial charge in [-0.1, -0.05) is 29.5 Å². The van der Waals surface area contributed by atoms with Crippen LogP contribution in [0.4, 0.5) is 0 Å². The molecule has 2 rings (SSSR count). The van der Waals surface area contributed by atoms with E-state index in [1.54, 1.807) is 13.2 Å². The summed E-state index contributed by atoms with van der Waals surface area (Å²) in [6.45, 7) is 2.01. The van der Waals surface area contributed by atoms with Crippen molar-refractivity contribution in [2.24, 2.45) is 7.05 Å². The van der Waals surface area contributed by atoms with Gasteiger partial charge in [-0.05, 0) is 19.1 Å². The van der Waals surface area contributed by atoms with Crippen LogP contribution in [0.15, 0.2) is 49.8 Å². The van der Waals surface area contributed by atoms with Crippen LogP contribution in [0.1, 0.15) is 5.56 Å². The molecule has 0 amide bonds. The molecule has 0 fully saturated rings. The molecule has 0 aliphatic carbocycles. The van der Waals surface area contributed by atoms with Crippen molar-refractivity contribution in [2.75, 3.05) is 0 Å². The van der Waals surface area contributed by atoms with Crippen molar-refractivity contribution in [3.8, 4) is 0 Å². The molecule has 1 heterocycles. The molecule has 0 saturated carbocycles. The van der Waals surface area contributed by atoms with E-state index >= 15 is 0 Å². The molecule has 5 heteroatoms. The van der Waals surface area contributed by atoms with Crippen LogP contribution in [0.3, 0.4) is 0 Å². The Morgan fingerprint density at radius 3 is 2.47 bits per heavy atom. The number of nitrogens with one attached hydrogen (secondary N) is 1. The van der Waals surface area contributed by atoms with E-state index in [2.05, 4.69) is 4.98 Å². The second kappa shape index (κ2) is 4.63. The number of hydrogen-bond donors (Lipinski definition) is 1. The number of hydrogen-bond acceptors (Lipinski definition) is 3. The van der Waals surface area contributed by atoms with Gasteiger partial charge in [0, 0.05) is 18.1 Å². The lowest BCUT2D eigenvalue weighted by Crippen LogP contribution is -2.28. The van der Waals surface area contributed by atoms with Crippen LogP contribution in [-0.4, -0.2) is 9.55 Å². The minimum Gasteiger partial charge on any atom is -0.303 e. The largest absolute Gasteiger partial charge is 0.328 e. The van der Waals surface area contributed by atoms with Crippen molar-refractivity contribution < 1.29 is 0 Å². The molecule has 0 radical (unpaired) electrons. The average Bonchev–Trinajstić information content (AvgIpc) is 2.29. The summed E-state index contributed by atoms with van der Waals surface area (Å²) in [5.41, 5.74) is 0.422. The minimum absolute atomic E-state index is 0.348. The van der Waals surface area contributed by atoms with Crippen LogP contribution in [-0.2, 0) is 7.05 Å². The molecule has 0 atom stereocenters. The first-order chi connectivity index (χ1) is 8.06. The van der Waals surface area contributed by atoms with Crippen molar-refractivity contribution in [2.45, 2.75) is 16.7 Å². The van der Waals surface area contributed by atoms with Gasteiger partial charge in [-0.2, -0.15) is 0 Å². The number of H-pyrrole nitrogens is 1. The second-order valence-corrected chi connectivity index (χ2v) is 4.89. The summed E-state index contributed by atoms with van der Waals surface area (Å²) >= 11 is 1.34. The lowest BCUT2D eigenvalue weighted by molar-refractivity contribution is 0.772. The van der Waals surface area contributed by atoms with Gasteiger partial charge in [0.1, 0.15) is 0 Å². The molecule has 0 aliphatic rings. The number of rotatable bonds is 2. The summed E-state index contributed by atoms with van der Waals surface area (Å²) in [4.78, 5) is 26.5. The molecule has 0 unspecified atom stereocenters. The molecule has 0 saturated heterocycles. The van der Waals surface area contributed by atoms with Crippen molar-refractivity contribution >= 4 is 11.8 Å². The molecular weight excluding hydrogens is 236 g/mol. The van der Waals surface area contributed by atoms with Crippen molar-refractivity contribution in [3.63, 3.8) is 0 Å². The normalized spacial score (nSPS) is 10.5. The Kier molecular flexibility index (Phi) is 3.19. The first-order valence-electron chi connectivity index (χ1n) is 5.11. The molecular formula is C12H12N2O2S. The maximum atomic E-state index is 11.6. The standard InChI is InChI=1S/C12H12N2O2S/c1-8-3-5-9(6-4-8)17-10-7-14(2)12(16)13-11(10)15/h3-7H,1-2H3,(H,13,15,16). The van der Waals surface area contributed by atoms with Gasteiger partial charge in [0.15, 0.2) is 0 Å². The monoisotopic (exact) mass is 248 g/mol. The van der Waals surface area contributed by atoms with E-state index in [1.165, 1.54) is 21.9 Å². The zero-order chi connectivity index (χ0) is 12.4. The van der Waals surface area contributed by atoms with Gasteiger partial charge in [0.2, 0.25) is 0 Å². The van der Waals surface area contributed by atoms with E-state index in [9.17, 15) is 9.59 Å². The zero-order valence-corrected chi connectivity index (χ0v) is 10.4. The molecule has 0 bridgehead atoms. The van der Waals surface area contributed by atoms with Crippen molar-refractivity contribution in [1.29, 1.82) is 0 Å². The molecule has 1 N–H and O–H groups in total. The smallest absolute Gasteiger partial charge is 0.303 e. The Balaban J connectivity index is 2.36. The molecule has 1 aromatic heterocycles. The number of benzene rings is 1. The third-order valence-electron chi connectivity index (χ3n) is 2.32. The highest BCUT2D eigenvalue weighted by molar-refractivity contribution is 7.99. The summed E-state index contributed by atoms with van der Waals surface area (Å²) in [5, 5.41) is 0. The fraction of sp³-hybridized carbons (Fsp3) is 0.167. The lowest BCUT2D eigenvalue weighted by atomic mass is 10.2. The number of aromatic amines is 1. The lowest BCUT2D eigenvalue weighted by Gasteiger charge is -2.03. The van der Waals surface area contributed by atoms with Crippen molar-refractivity contribution in [3.05, 3.63) is 56.9 Å². The van der Waals surface area contributed by atoms with Gasteiger partial charge in [0.25, 0.3) is 5.56 Å². The highest BCUT2D eigenvalue weighted by atomic mass is 32.2. The summed E-state index contributed by atoms with van der Waals surface area (Å²) in [5.74, 6) is 0. The summed E-state index contributed by atoms with van der Waals surface area (Å²) in [6, 6.07) is 7.87. The Bertz CT molecular complexity index is 641. The Morgan fingerprint density at radius 1 is 1.18 bits per heavy atom. The predicted molar refractivity (Wildman–Crippen MR) is 67.6 cm³/mol. The molecule has 88 valence electrons. The number of aromatic nitrogens is 2. The van der Waals surface area contributed by atoms with Gasteiger partial charge < -0.3 is 4.57 Å². The average molecular weight is 248 g/mol. The van der Waals surface area contributed by atoms with Gasteiger partial charge in [0.05, 0.1) is 4.90 Å². The third kappa shape index (κ3) is 2.68. The second-order valence-electron chi connectivity index (χ2n) is 3.78. The maximum Gasteiger partial charge on any atom is 0.328 e. The number of nitrogens with zero attached hydrogens (tertiary/aromatic N) is 1. The van der Waals surface area contributed by atoms with Gasteiger partial charge in [-0.3, -0.25) is 9.78 Å². The summed E-state index contributed by atoms with van der Waals surface area (Å²) in [6.07, 6.45) is 1.55. The van der Waals surface area contributed by atoms with Crippen LogP contribution >= 0.6 is 11.8 Å². The molecule has 0 spiro atoms. The fourth-order valence-corrected chi connectivity index (χ4v) is 2.23. The SMILES string of the molecule is Cc1ccc(Sc2cn(C)c(=O)[nH]c2=O)cc1. The van der Waals surface area contributed by atoms with Gasteiger partial charge >= 0.3 is 5.69 Å². The predicted octanol–water partition coefficient (Wildman–Crippen LogP) is 1.53. The minimum atomic E-state index is -0.400. The Hall–Kier alpha value is -1.75. The van der Waals surface area contributed by atoms with Crippen molar-refractivity contribution in [1.82, 2.24) is 9.55 Å². The summed E-state index contributed by atoms with van der Waals surface area (Å²) in [7, 11) is 1.61. The van der Waals surface area contributed by atoms with Gasteiger partial charge in [-0.25, -0.2) is 4.79 Å². The Morgan fingerprint density at radius 2 is 1.82 bits per heavy atom. The Labute approximate surface area is 102 Å². The topological polar surface area (TPSA) is 54.9 Å². The molecule has 4 nitrogen and oxygen atoms in total. The quantitative estimate of drug-likeness (QED) is 0.877. The van der Waals surface area contributed by atoms with E-state index in [4.69, 9.17) is 0 Å². The highest BCUT2D eigenvalue weighted by Crippen LogP contribution is 2.24. The third-order valence-corrected chi connectivity index (χ3v) is 3.34. The number of aryl methyl sites for hydroxylation is 2. The summed E-state index contributed by atoms with van der Waals surface area (Å²) < 4.78 is 1.36. The van der Waals surface area contributed by atoms with E-state index in [-0.39, 0.29) is 5.56 Å². The maximum absolute atomic E-state index is 11.6. The van der Waals surface area contributed by atoms with Crippen LogP contribution in [0.25, 0.3) is 0 Å². The molecule has 1 aromatic carbocycles. The van der Waals surface area contributed by atoms with E-state index in [0.717, 1.165) is 4.90 Å². The van der Waals surface area contributed by atoms with E-state index in [1.807, 2.05) is 31.2 Å².